The largest absolute Gasteiger partial charge is 0.456 e. The van der Waals surface area contributed by atoms with Crippen molar-refractivity contribution in [3.05, 3.63) is 218 Å². The molecule has 0 N–H and O–H groups in total. The average Bonchev–Trinajstić information content (AvgIpc) is 3.85. The lowest BCUT2D eigenvalue weighted by Crippen LogP contribution is -2.10. The van der Waals surface area contributed by atoms with Crippen LogP contribution in [0.25, 0.3) is 93.2 Å². The summed E-state index contributed by atoms with van der Waals surface area (Å²) < 4.78 is 8.58. The van der Waals surface area contributed by atoms with E-state index in [0.717, 1.165) is 61.4 Å². The van der Waals surface area contributed by atoms with E-state index < -0.39 is 0 Å². The number of rotatable bonds is 6. The van der Waals surface area contributed by atoms with Gasteiger partial charge in [-0.1, -0.05) is 146 Å². The van der Waals surface area contributed by atoms with Crippen LogP contribution in [0.4, 0.5) is 17.1 Å². The van der Waals surface area contributed by atoms with Crippen LogP contribution >= 0.6 is 0 Å². The summed E-state index contributed by atoms with van der Waals surface area (Å²) in [6.45, 7) is 0. The molecule has 0 radical (unpaired) electrons. The first-order valence-electron chi connectivity index (χ1n) is 20.2. The van der Waals surface area contributed by atoms with E-state index >= 15 is 0 Å². The molecule has 10 aromatic carbocycles. The predicted molar refractivity (Wildman–Crippen MR) is 249 cm³/mol. The summed E-state index contributed by atoms with van der Waals surface area (Å²) in [6, 6.07) is 78.8. The maximum absolute atomic E-state index is 6.19. The van der Waals surface area contributed by atoms with Gasteiger partial charge < -0.3 is 13.9 Å². The van der Waals surface area contributed by atoms with Crippen LogP contribution in [-0.2, 0) is 0 Å². The van der Waals surface area contributed by atoms with Gasteiger partial charge in [0.05, 0.1) is 11.0 Å². The van der Waals surface area contributed by atoms with Gasteiger partial charge in [0.2, 0.25) is 0 Å². The molecule has 2 aromatic heterocycles. The molecule has 0 fully saturated rings. The Morgan fingerprint density at radius 2 is 0.831 bits per heavy atom. The van der Waals surface area contributed by atoms with Gasteiger partial charge in [0, 0.05) is 44.3 Å². The Kier molecular flexibility index (Phi) is 7.54. The summed E-state index contributed by atoms with van der Waals surface area (Å²) in [7, 11) is 0. The van der Waals surface area contributed by atoms with E-state index in [-0.39, 0.29) is 0 Å². The fourth-order valence-corrected chi connectivity index (χ4v) is 9.12. The monoisotopic (exact) mass is 752 g/mol. The third kappa shape index (κ3) is 5.51. The van der Waals surface area contributed by atoms with Gasteiger partial charge in [-0.25, -0.2) is 0 Å². The molecule has 276 valence electrons. The lowest BCUT2D eigenvalue weighted by molar-refractivity contribution is 0.669. The number of hydrogen-bond acceptors (Lipinski definition) is 2. The minimum atomic E-state index is 0.910. The van der Waals surface area contributed by atoms with Crippen LogP contribution in [0.1, 0.15) is 0 Å². The average molecular weight is 753 g/mol. The third-order valence-electron chi connectivity index (χ3n) is 12.0. The first-order valence-corrected chi connectivity index (χ1v) is 20.2. The Balaban J connectivity index is 0.941. The SMILES string of the molecule is c1cc(N(c2ccc(-c3ccc(-c4ccc5c(c4)oc4ccccc45)cc3)cc2)c2ccc3c(ccc4ccccc43)c2)cc(-n2c3ccccc3c3ccccc32)c1. The second kappa shape index (κ2) is 13.4. The van der Waals surface area contributed by atoms with Crippen molar-refractivity contribution in [1.82, 2.24) is 4.57 Å². The van der Waals surface area contributed by atoms with Crippen LogP contribution in [0.5, 0.6) is 0 Å². The second-order valence-electron chi connectivity index (χ2n) is 15.4. The fourth-order valence-electron chi connectivity index (χ4n) is 9.12. The third-order valence-corrected chi connectivity index (χ3v) is 12.0. The maximum Gasteiger partial charge on any atom is 0.136 e. The highest BCUT2D eigenvalue weighted by atomic mass is 16.3. The topological polar surface area (TPSA) is 21.3 Å². The predicted octanol–water partition coefficient (Wildman–Crippen LogP) is 15.8. The van der Waals surface area contributed by atoms with Crippen LogP contribution in [-0.4, -0.2) is 4.57 Å². The van der Waals surface area contributed by atoms with E-state index in [4.69, 9.17) is 4.42 Å². The molecule has 2 heterocycles. The molecule has 0 amide bonds. The van der Waals surface area contributed by atoms with Gasteiger partial charge in [0.15, 0.2) is 0 Å². The zero-order chi connectivity index (χ0) is 38.9. The summed E-state index contributed by atoms with van der Waals surface area (Å²) in [5, 5.41) is 9.78. The number of hydrogen-bond donors (Lipinski definition) is 0. The van der Waals surface area contributed by atoms with Gasteiger partial charge in [0.1, 0.15) is 11.2 Å². The zero-order valence-electron chi connectivity index (χ0n) is 32.1. The van der Waals surface area contributed by atoms with Crippen LogP contribution in [0, 0.1) is 0 Å². The highest BCUT2D eigenvalue weighted by molar-refractivity contribution is 6.10. The van der Waals surface area contributed by atoms with E-state index in [2.05, 4.69) is 216 Å². The summed E-state index contributed by atoms with van der Waals surface area (Å²) in [6.07, 6.45) is 0. The summed E-state index contributed by atoms with van der Waals surface area (Å²) in [4.78, 5) is 2.38. The van der Waals surface area contributed by atoms with Crippen LogP contribution in [0.15, 0.2) is 223 Å². The lowest BCUT2D eigenvalue weighted by atomic mass is 9.99. The number of fused-ring (bicyclic) bond motifs is 9. The molecule has 3 nitrogen and oxygen atoms in total. The smallest absolute Gasteiger partial charge is 0.136 e. The highest BCUT2D eigenvalue weighted by Gasteiger charge is 2.18. The van der Waals surface area contributed by atoms with E-state index in [1.165, 1.54) is 48.9 Å². The van der Waals surface area contributed by atoms with E-state index in [9.17, 15) is 0 Å². The van der Waals surface area contributed by atoms with Crippen LogP contribution in [0.2, 0.25) is 0 Å². The Labute approximate surface area is 341 Å². The lowest BCUT2D eigenvalue weighted by Gasteiger charge is -2.27. The van der Waals surface area contributed by atoms with Gasteiger partial charge in [-0.15, -0.1) is 0 Å². The molecule has 12 rings (SSSR count). The van der Waals surface area contributed by atoms with Crippen molar-refractivity contribution in [2.75, 3.05) is 4.90 Å². The molecule has 0 aliphatic carbocycles. The van der Waals surface area contributed by atoms with E-state index in [0.29, 0.717) is 0 Å². The molecule has 0 atom stereocenters. The quantitative estimate of drug-likeness (QED) is 0.158. The molecule has 0 unspecified atom stereocenters. The summed E-state index contributed by atoms with van der Waals surface area (Å²) >= 11 is 0. The van der Waals surface area contributed by atoms with Gasteiger partial charge >= 0.3 is 0 Å². The van der Waals surface area contributed by atoms with Gasteiger partial charge in [-0.2, -0.15) is 0 Å². The van der Waals surface area contributed by atoms with Gasteiger partial charge in [-0.05, 0) is 117 Å². The minimum Gasteiger partial charge on any atom is -0.456 e. The number of benzene rings is 10. The van der Waals surface area contributed by atoms with Crippen molar-refractivity contribution in [3.63, 3.8) is 0 Å². The Morgan fingerprint density at radius 3 is 1.59 bits per heavy atom. The molecule has 59 heavy (non-hydrogen) atoms. The van der Waals surface area contributed by atoms with Crippen molar-refractivity contribution in [2.24, 2.45) is 0 Å². The Bertz CT molecular complexity index is 3500. The molecule has 12 aromatic rings. The Hall–Kier alpha value is -7.88. The molecule has 0 bridgehead atoms. The zero-order valence-corrected chi connectivity index (χ0v) is 32.1. The highest BCUT2D eigenvalue weighted by Crippen LogP contribution is 2.41. The first-order chi connectivity index (χ1) is 29.2. The molecule has 0 saturated heterocycles. The standard InChI is InChI=1S/C56H36N2O/c1-2-13-47-40(10-1)24-25-42-34-46(31-33-48(42)47)57(44-11-9-12-45(36-44)58-53-17-6-3-14-49(53)50-15-4-7-18-54(50)58)43-29-26-38(27-30-43)37-20-22-39(23-21-37)41-28-32-52-51-16-5-8-19-55(51)59-56(52)35-41/h1-36H. The molecule has 0 aliphatic rings. The van der Waals surface area contributed by atoms with Crippen molar-refractivity contribution < 1.29 is 4.42 Å². The number of aromatic nitrogens is 1. The summed E-state index contributed by atoms with van der Waals surface area (Å²) in [5.74, 6) is 0. The number of para-hydroxylation sites is 3. The van der Waals surface area contributed by atoms with Crippen LogP contribution in [0.3, 0.4) is 0 Å². The van der Waals surface area contributed by atoms with E-state index in [1.54, 1.807) is 0 Å². The second-order valence-corrected chi connectivity index (χ2v) is 15.4. The Morgan fingerprint density at radius 1 is 0.305 bits per heavy atom. The number of nitrogens with zero attached hydrogens (tertiary/aromatic N) is 2. The number of furan rings is 1. The molecule has 0 saturated carbocycles. The minimum absolute atomic E-state index is 0.910. The van der Waals surface area contributed by atoms with Crippen LogP contribution < -0.4 is 4.90 Å². The van der Waals surface area contributed by atoms with Crippen molar-refractivity contribution in [2.45, 2.75) is 0 Å². The molecular weight excluding hydrogens is 717 g/mol. The van der Waals surface area contributed by atoms with E-state index in [1.807, 2.05) is 12.1 Å². The summed E-state index contributed by atoms with van der Waals surface area (Å²) in [5.41, 5.74) is 13.2. The van der Waals surface area contributed by atoms with Crippen molar-refractivity contribution in [3.8, 4) is 27.9 Å². The van der Waals surface area contributed by atoms with Crippen molar-refractivity contribution >= 4 is 82.4 Å². The molecule has 3 heteroatoms. The van der Waals surface area contributed by atoms with Gasteiger partial charge in [0.25, 0.3) is 0 Å². The maximum atomic E-state index is 6.19. The first kappa shape index (κ1) is 33.3. The number of anilines is 3. The normalized spacial score (nSPS) is 11.7. The van der Waals surface area contributed by atoms with Crippen molar-refractivity contribution in [1.29, 1.82) is 0 Å². The fraction of sp³-hybridized carbons (Fsp3) is 0. The van der Waals surface area contributed by atoms with Gasteiger partial charge in [-0.3, -0.25) is 0 Å². The molecule has 0 aliphatic heterocycles. The molecule has 0 spiro atoms. The molecular formula is C56H36N2O.